The van der Waals surface area contributed by atoms with Crippen molar-refractivity contribution in [3.05, 3.63) is 29.3 Å². The predicted octanol–water partition coefficient (Wildman–Crippen LogP) is 2.72. The van der Waals surface area contributed by atoms with Crippen LogP contribution >= 0.6 is 11.3 Å². The molecule has 0 aliphatic carbocycles. The van der Waals surface area contributed by atoms with Crippen molar-refractivity contribution in [2.75, 3.05) is 18.6 Å². The zero-order valence-electron chi connectivity index (χ0n) is 10.7. The molecule has 1 N–H and O–H groups in total. The summed E-state index contributed by atoms with van der Waals surface area (Å²) in [6.07, 6.45) is 4.63. The average Bonchev–Trinajstić information content (AvgIpc) is 2.81. The molecular weight excluding hydrogens is 264 g/mol. The zero-order chi connectivity index (χ0) is 13.0. The number of nitrogens with zero attached hydrogens (tertiary/aromatic N) is 1. The van der Waals surface area contributed by atoms with Gasteiger partial charge in [0.1, 0.15) is 0 Å². The number of pyridine rings is 1. The number of aromatic nitrogens is 1. The second kappa shape index (κ2) is 6.41. The molecule has 0 radical (unpaired) electrons. The van der Waals surface area contributed by atoms with Gasteiger partial charge in [-0.2, -0.15) is 0 Å². The van der Waals surface area contributed by atoms with Gasteiger partial charge in [-0.05, 0) is 43.0 Å². The van der Waals surface area contributed by atoms with Crippen LogP contribution in [0.5, 0.6) is 0 Å². The van der Waals surface area contributed by atoms with E-state index in [-0.39, 0.29) is 6.04 Å². The fraction of sp³-hybridized carbons (Fsp3) is 0.462. The van der Waals surface area contributed by atoms with Gasteiger partial charge in [0.15, 0.2) is 0 Å². The lowest BCUT2D eigenvalue weighted by atomic mass is 10.1. The minimum atomic E-state index is -0.689. The predicted molar refractivity (Wildman–Crippen MR) is 79.6 cm³/mol. The molecule has 0 aliphatic rings. The molecule has 0 aliphatic heterocycles. The van der Waals surface area contributed by atoms with Crippen molar-refractivity contribution >= 4 is 32.4 Å². The Morgan fingerprint density at radius 2 is 2.39 bits per heavy atom. The summed E-state index contributed by atoms with van der Waals surface area (Å²) in [7, 11) is -0.689. The second-order valence-corrected chi connectivity index (χ2v) is 6.88. The Kier molecular flexibility index (Phi) is 4.86. The van der Waals surface area contributed by atoms with Gasteiger partial charge in [-0.3, -0.25) is 9.19 Å². The van der Waals surface area contributed by atoms with Gasteiger partial charge in [-0.15, -0.1) is 11.3 Å². The summed E-state index contributed by atoms with van der Waals surface area (Å²) < 4.78 is 12.2. The van der Waals surface area contributed by atoms with E-state index >= 15 is 0 Å². The average molecular weight is 282 g/mol. The molecule has 0 saturated heterocycles. The molecule has 0 saturated carbocycles. The summed E-state index contributed by atoms with van der Waals surface area (Å²) in [5.74, 6) is 0.766. The fourth-order valence-corrected chi connectivity index (χ4v) is 3.15. The molecule has 2 aromatic rings. The molecule has 0 bridgehead atoms. The summed E-state index contributed by atoms with van der Waals surface area (Å²) in [4.78, 5) is 4.44. The van der Waals surface area contributed by atoms with Crippen LogP contribution in [0, 0.1) is 0 Å². The summed E-state index contributed by atoms with van der Waals surface area (Å²) in [5.41, 5.74) is 2.28. The first-order valence-electron chi connectivity index (χ1n) is 6.03. The summed E-state index contributed by atoms with van der Waals surface area (Å²) in [6, 6.07) is 4.52. The quantitative estimate of drug-likeness (QED) is 0.828. The normalized spacial score (nSPS) is 14.8. The van der Waals surface area contributed by atoms with E-state index < -0.39 is 10.8 Å². The van der Waals surface area contributed by atoms with Crippen LogP contribution in [0.4, 0.5) is 0 Å². The molecule has 0 amide bonds. The van der Waals surface area contributed by atoms with E-state index in [1.54, 1.807) is 17.6 Å². The van der Waals surface area contributed by atoms with Gasteiger partial charge in [-0.1, -0.05) is 0 Å². The van der Waals surface area contributed by atoms with Crippen LogP contribution in [-0.4, -0.2) is 27.7 Å². The van der Waals surface area contributed by atoms with E-state index in [1.165, 1.54) is 10.3 Å². The van der Waals surface area contributed by atoms with Gasteiger partial charge < -0.3 is 5.32 Å². The van der Waals surface area contributed by atoms with Crippen LogP contribution in [0.2, 0.25) is 0 Å². The molecule has 2 heterocycles. The topological polar surface area (TPSA) is 42.0 Å². The molecule has 98 valence electrons. The fourth-order valence-electron chi connectivity index (χ4n) is 1.81. The lowest BCUT2D eigenvalue weighted by Gasteiger charge is -2.13. The maximum absolute atomic E-state index is 10.9. The van der Waals surface area contributed by atoms with E-state index in [2.05, 4.69) is 28.7 Å². The Morgan fingerprint density at radius 1 is 1.56 bits per heavy atom. The first kappa shape index (κ1) is 13.6. The minimum absolute atomic E-state index is 0.286. The van der Waals surface area contributed by atoms with Gasteiger partial charge in [-0.25, -0.2) is 0 Å². The van der Waals surface area contributed by atoms with Crippen LogP contribution < -0.4 is 5.32 Å². The highest BCUT2D eigenvalue weighted by molar-refractivity contribution is 7.84. The third-order valence-corrected chi connectivity index (χ3v) is 4.60. The molecular formula is C13H18N2OS2. The van der Waals surface area contributed by atoms with Crippen molar-refractivity contribution in [2.24, 2.45) is 0 Å². The molecule has 2 atom stereocenters. The minimum Gasteiger partial charge on any atom is -0.310 e. The molecule has 2 aromatic heterocycles. The molecule has 18 heavy (non-hydrogen) atoms. The number of thiophene rings is 1. The number of nitrogens with one attached hydrogen (secondary N) is 1. The molecule has 2 unspecified atom stereocenters. The van der Waals surface area contributed by atoms with E-state index in [9.17, 15) is 4.21 Å². The molecule has 3 nitrogen and oxygen atoms in total. The van der Waals surface area contributed by atoms with Gasteiger partial charge >= 0.3 is 0 Å². The number of hydrogen-bond acceptors (Lipinski definition) is 4. The van der Waals surface area contributed by atoms with Crippen LogP contribution in [0.3, 0.4) is 0 Å². The maximum Gasteiger partial charge on any atom is 0.0809 e. The number of hydrogen-bond donors (Lipinski definition) is 1. The third-order valence-electron chi connectivity index (χ3n) is 2.88. The van der Waals surface area contributed by atoms with Gasteiger partial charge in [0.25, 0.3) is 0 Å². The second-order valence-electron chi connectivity index (χ2n) is 4.38. The van der Waals surface area contributed by atoms with Crippen molar-refractivity contribution in [1.82, 2.24) is 10.3 Å². The SMILES string of the molecule is CC(NCCCS(C)=O)c1cnc2ccsc2c1. The molecule has 0 aromatic carbocycles. The van der Waals surface area contributed by atoms with Crippen LogP contribution in [0.1, 0.15) is 24.9 Å². The van der Waals surface area contributed by atoms with Gasteiger partial charge in [0.05, 0.1) is 10.2 Å². The van der Waals surface area contributed by atoms with E-state index in [0.29, 0.717) is 0 Å². The Bertz CT molecular complexity index is 539. The van der Waals surface area contributed by atoms with E-state index in [1.807, 2.05) is 12.3 Å². The Morgan fingerprint density at radius 3 is 3.17 bits per heavy atom. The lowest BCUT2D eigenvalue weighted by Crippen LogP contribution is -2.21. The zero-order valence-corrected chi connectivity index (χ0v) is 12.3. The summed E-state index contributed by atoms with van der Waals surface area (Å²) in [5, 5.41) is 5.51. The standard InChI is InChI=1S/C13H18N2OS2/c1-10(14-5-3-7-18(2)16)11-8-13-12(15-9-11)4-6-17-13/h4,6,8-10,14H,3,5,7H2,1-2H3. The first-order valence-corrected chi connectivity index (χ1v) is 8.64. The molecule has 0 fully saturated rings. The van der Waals surface area contributed by atoms with Crippen molar-refractivity contribution in [2.45, 2.75) is 19.4 Å². The highest BCUT2D eigenvalue weighted by atomic mass is 32.2. The Labute approximate surface area is 114 Å². The third kappa shape index (κ3) is 3.60. The summed E-state index contributed by atoms with van der Waals surface area (Å²) >= 11 is 1.72. The highest BCUT2D eigenvalue weighted by Gasteiger charge is 2.06. The van der Waals surface area contributed by atoms with Gasteiger partial charge in [0, 0.05) is 35.0 Å². The molecule has 2 rings (SSSR count). The van der Waals surface area contributed by atoms with E-state index in [4.69, 9.17) is 0 Å². The Balaban J connectivity index is 1.91. The summed E-state index contributed by atoms with van der Waals surface area (Å²) in [6.45, 7) is 3.03. The molecule has 0 spiro atoms. The van der Waals surface area contributed by atoms with Crippen LogP contribution in [0.15, 0.2) is 23.7 Å². The smallest absolute Gasteiger partial charge is 0.0809 e. The molecule has 5 heteroatoms. The largest absolute Gasteiger partial charge is 0.310 e. The van der Waals surface area contributed by atoms with E-state index in [0.717, 1.165) is 24.2 Å². The Hall–Kier alpha value is -0.780. The van der Waals surface area contributed by atoms with Crippen molar-refractivity contribution < 1.29 is 4.21 Å². The van der Waals surface area contributed by atoms with Crippen LogP contribution in [-0.2, 0) is 10.8 Å². The van der Waals surface area contributed by atoms with Crippen molar-refractivity contribution in [3.8, 4) is 0 Å². The highest BCUT2D eigenvalue weighted by Crippen LogP contribution is 2.22. The number of rotatable bonds is 6. The number of fused-ring (bicyclic) bond motifs is 1. The van der Waals surface area contributed by atoms with Crippen molar-refractivity contribution in [3.63, 3.8) is 0 Å². The van der Waals surface area contributed by atoms with Crippen LogP contribution in [0.25, 0.3) is 10.2 Å². The maximum atomic E-state index is 10.9. The van der Waals surface area contributed by atoms with Gasteiger partial charge in [0.2, 0.25) is 0 Å². The first-order chi connectivity index (χ1) is 8.66. The van der Waals surface area contributed by atoms with Crippen molar-refractivity contribution in [1.29, 1.82) is 0 Å². The lowest BCUT2D eigenvalue weighted by molar-refractivity contribution is 0.570. The monoisotopic (exact) mass is 282 g/mol.